The lowest BCUT2D eigenvalue weighted by molar-refractivity contribution is 0.0974. The molecule has 1 heterocycles. The fraction of sp³-hybridized carbons (Fsp3) is 0.333. The van der Waals surface area contributed by atoms with Crippen molar-refractivity contribution in [2.75, 3.05) is 0 Å². The summed E-state index contributed by atoms with van der Waals surface area (Å²) < 4.78 is 36.3. The molecule has 7 heteroatoms. The summed E-state index contributed by atoms with van der Waals surface area (Å²) in [5.74, 6) is -1.11. The van der Waals surface area contributed by atoms with Crippen molar-refractivity contribution in [3.8, 4) is 5.88 Å². The number of sulfone groups is 1. The Kier molecular flexibility index (Phi) is 8.00. The Labute approximate surface area is 183 Å². The third kappa shape index (κ3) is 6.04. The number of Topliss-reactive ketones (excluding diaryl/α,β-unsaturated/α-hetero) is 1. The molecule has 2 aromatic carbocycles. The van der Waals surface area contributed by atoms with Crippen LogP contribution in [0.1, 0.15) is 61.6 Å². The van der Waals surface area contributed by atoms with Crippen LogP contribution in [-0.4, -0.2) is 19.4 Å². The van der Waals surface area contributed by atoms with Gasteiger partial charge in [-0.05, 0) is 22.9 Å². The third-order valence-corrected chi connectivity index (χ3v) is 6.77. The van der Waals surface area contributed by atoms with Crippen molar-refractivity contribution in [1.29, 1.82) is 0 Å². The van der Waals surface area contributed by atoms with E-state index in [-0.39, 0.29) is 28.0 Å². The Bertz CT molecular complexity index is 1060. The summed E-state index contributed by atoms with van der Waals surface area (Å²) in [4.78, 5) is 11.5. The summed E-state index contributed by atoms with van der Waals surface area (Å²) in [7, 11) is -4.01. The number of ketones is 1. The minimum atomic E-state index is -4.01. The van der Waals surface area contributed by atoms with E-state index in [0.29, 0.717) is 0 Å². The summed E-state index contributed by atoms with van der Waals surface area (Å²) >= 11 is 0. The van der Waals surface area contributed by atoms with E-state index in [9.17, 15) is 13.2 Å². The molecule has 0 saturated heterocycles. The number of nitrogens with zero attached hydrogens (tertiary/aromatic N) is 1. The smallest absolute Gasteiger partial charge is 0.274 e. The first-order valence-corrected chi connectivity index (χ1v) is 12.0. The van der Waals surface area contributed by atoms with Crippen LogP contribution in [0.5, 0.6) is 5.88 Å². The molecular formula is C24H27NO5S. The van der Waals surface area contributed by atoms with Gasteiger partial charge in [-0.15, -0.1) is 0 Å². The predicted molar refractivity (Wildman–Crippen MR) is 117 cm³/mol. The van der Waals surface area contributed by atoms with Crippen molar-refractivity contribution in [3.05, 3.63) is 72.0 Å². The molecule has 1 aliphatic rings. The minimum absolute atomic E-state index is 0.0326. The Morgan fingerprint density at radius 2 is 1.42 bits per heavy atom. The van der Waals surface area contributed by atoms with E-state index < -0.39 is 15.6 Å². The topological polar surface area (TPSA) is 86.5 Å². The monoisotopic (exact) mass is 441 g/mol. The molecule has 0 amide bonds. The lowest BCUT2D eigenvalue weighted by Gasteiger charge is -2.07. The zero-order valence-corrected chi connectivity index (χ0v) is 18.4. The lowest BCUT2D eigenvalue weighted by atomic mass is 10.0. The highest BCUT2D eigenvalue weighted by atomic mass is 32.2. The molecule has 1 saturated carbocycles. The van der Waals surface area contributed by atoms with E-state index in [0.717, 1.165) is 5.56 Å². The van der Waals surface area contributed by atoms with Gasteiger partial charge in [-0.3, -0.25) is 4.79 Å². The van der Waals surface area contributed by atoms with Gasteiger partial charge in [0, 0.05) is 6.92 Å². The molecule has 0 spiro atoms. The van der Waals surface area contributed by atoms with E-state index >= 15 is 0 Å². The third-order valence-electron chi connectivity index (χ3n) is 4.98. The van der Waals surface area contributed by atoms with Gasteiger partial charge in [-0.25, -0.2) is 8.42 Å². The number of hydrogen-bond donors (Lipinski definition) is 0. The Hall–Kier alpha value is -2.93. The zero-order chi connectivity index (χ0) is 22.1. The first kappa shape index (κ1) is 22.7. The second-order valence-electron chi connectivity index (χ2n) is 7.41. The maximum absolute atomic E-state index is 12.9. The maximum atomic E-state index is 12.9. The molecule has 0 aliphatic heterocycles. The molecule has 31 heavy (non-hydrogen) atoms. The van der Waals surface area contributed by atoms with Crippen LogP contribution >= 0.6 is 0 Å². The molecule has 0 atom stereocenters. The summed E-state index contributed by atoms with van der Waals surface area (Å²) in [6, 6.07) is 17.0. The van der Waals surface area contributed by atoms with Gasteiger partial charge < -0.3 is 9.26 Å². The molecule has 1 aliphatic carbocycles. The Balaban J connectivity index is 0.000000391. The number of benzene rings is 2. The molecule has 1 fully saturated rings. The fourth-order valence-electron chi connectivity index (χ4n) is 3.32. The number of hydrogen-bond acceptors (Lipinski definition) is 6. The molecule has 0 radical (unpaired) electrons. The number of carbonyl (C=O) groups is 1. The zero-order valence-electron chi connectivity index (χ0n) is 17.6. The van der Waals surface area contributed by atoms with E-state index in [1.807, 2.05) is 30.3 Å². The van der Waals surface area contributed by atoms with Crippen molar-refractivity contribution < 1.29 is 22.5 Å². The fourth-order valence-corrected chi connectivity index (χ4v) is 4.83. The number of rotatable bonds is 6. The van der Waals surface area contributed by atoms with Crippen molar-refractivity contribution in [2.24, 2.45) is 0 Å². The molecule has 3 aromatic rings. The van der Waals surface area contributed by atoms with Crippen LogP contribution in [0.3, 0.4) is 0 Å². The SMILES string of the molecule is C1CCCCC1.CC(=O)c1onc(OCc2ccccc2)c1S(=O)(=O)c1ccccc1. The Morgan fingerprint density at radius 3 is 1.94 bits per heavy atom. The molecule has 6 nitrogen and oxygen atoms in total. The first-order chi connectivity index (χ1) is 15.0. The standard InChI is InChI=1S/C18H15NO5S.C6H12/c1-13(20)16-17(25(21,22)15-10-6-3-7-11-15)18(19-24-16)23-12-14-8-4-2-5-9-14;1-2-4-6-5-3-1/h2-11H,12H2,1H3;1-6H2. The average molecular weight is 442 g/mol. The van der Waals surface area contributed by atoms with Gasteiger partial charge in [-0.1, -0.05) is 87.1 Å². The van der Waals surface area contributed by atoms with Gasteiger partial charge in [0.25, 0.3) is 5.88 Å². The van der Waals surface area contributed by atoms with Crippen molar-refractivity contribution in [1.82, 2.24) is 5.16 Å². The summed E-state index contributed by atoms with van der Waals surface area (Å²) in [5.41, 5.74) is 0.831. The van der Waals surface area contributed by atoms with E-state index in [1.165, 1.54) is 57.6 Å². The Morgan fingerprint density at radius 1 is 0.903 bits per heavy atom. The first-order valence-electron chi connectivity index (χ1n) is 10.5. The van der Waals surface area contributed by atoms with Gasteiger partial charge in [-0.2, -0.15) is 0 Å². The predicted octanol–water partition coefficient (Wildman–Crippen LogP) is 5.63. The van der Waals surface area contributed by atoms with E-state index in [4.69, 9.17) is 9.26 Å². The second kappa shape index (κ2) is 10.9. The summed E-state index contributed by atoms with van der Waals surface area (Å²) in [5, 5.41) is 3.65. The maximum Gasteiger partial charge on any atom is 0.274 e. The van der Waals surface area contributed by atoms with Gasteiger partial charge in [0.15, 0.2) is 10.7 Å². The number of aromatic nitrogens is 1. The molecule has 1 aromatic heterocycles. The van der Waals surface area contributed by atoms with Crippen molar-refractivity contribution in [3.63, 3.8) is 0 Å². The molecule has 0 N–H and O–H groups in total. The van der Waals surface area contributed by atoms with Gasteiger partial charge >= 0.3 is 0 Å². The van der Waals surface area contributed by atoms with Crippen molar-refractivity contribution >= 4 is 15.6 Å². The quantitative estimate of drug-likeness (QED) is 0.461. The van der Waals surface area contributed by atoms with Crippen LogP contribution in [0.4, 0.5) is 0 Å². The van der Waals surface area contributed by atoms with E-state index in [2.05, 4.69) is 5.16 Å². The van der Waals surface area contributed by atoms with E-state index in [1.54, 1.807) is 18.2 Å². The molecule has 4 rings (SSSR count). The van der Waals surface area contributed by atoms with Crippen LogP contribution in [-0.2, 0) is 16.4 Å². The number of ether oxygens (including phenoxy) is 1. The average Bonchev–Trinajstić information content (AvgIpc) is 3.26. The highest BCUT2D eigenvalue weighted by Crippen LogP contribution is 2.33. The highest BCUT2D eigenvalue weighted by molar-refractivity contribution is 7.91. The lowest BCUT2D eigenvalue weighted by Crippen LogP contribution is -2.08. The molecule has 164 valence electrons. The highest BCUT2D eigenvalue weighted by Gasteiger charge is 2.33. The summed E-state index contributed by atoms with van der Waals surface area (Å²) in [6.45, 7) is 1.31. The van der Waals surface area contributed by atoms with Crippen LogP contribution in [0, 0.1) is 0 Å². The largest absolute Gasteiger partial charge is 0.470 e. The van der Waals surface area contributed by atoms with Crippen LogP contribution in [0.25, 0.3) is 0 Å². The molecular weight excluding hydrogens is 414 g/mol. The van der Waals surface area contributed by atoms with Crippen LogP contribution < -0.4 is 4.74 Å². The van der Waals surface area contributed by atoms with Crippen LogP contribution in [0.15, 0.2) is 75.0 Å². The van der Waals surface area contributed by atoms with Gasteiger partial charge in [0.1, 0.15) is 6.61 Å². The molecule has 0 unspecified atom stereocenters. The van der Waals surface area contributed by atoms with Crippen LogP contribution in [0.2, 0.25) is 0 Å². The summed E-state index contributed by atoms with van der Waals surface area (Å²) in [6.07, 6.45) is 9.00. The van der Waals surface area contributed by atoms with Crippen molar-refractivity contribution in [2.45, 2.75) is 61.8 Å². The molecule has 0 bridgehead atoms. The van der Waals surface area contributed by atoms with Gasteiger partial charge in [0.2, 0.25) is 15.6 Å². The normalized spacial score (nSPS) is 13.7. The minimum Gasteiger partial charge on any atom is -0.470 e. The number of carbonyl (C=O) groups excluding carboxylic acids is 1. The van der Waals surface area contributed by atoms with Gasteiger partial charge in [0.05, 0.1) is 4.90 Å². The second-order valence-corrected chi connectivity index (χ2v) is 9.30.